The molecule has 0 aromatic heterocycles. The maximum atomic E-state index is 10.8. The van der Waals surface area contributed by atoms with Crippen molar-refractivity contribution in [3.8, 4) is 0 Å². The SMILES string of the molecule is CC1(C)CCCN1c1ccc([N+](=O)[O-])c(I)c1. The number of benzene rings is 1. The summed E-state index contributed by atoms with van der Waals surface area (Å²) in [5.74, 6) is 0. The van der Waals surface area contributed by atoms with Crippen LogP contribution in [0.1, 0.15) is 26.7 Å². The Hall–Kier alpha value is -0.850. The van der Waals surface area contributed by atoms with Gasteiger partial charge in [-0.3, -0.25) is 10.1 Å². The number of rotatable bonds is 2. The van der Waals surface area contributed by atoms with Crippen molar-refractivity contribution in [2.45, 2.75) is 32.2 Å². The molecule has 4 nitrogen and oxygen atoms in total. The quantitative estimate of drug-likeness (QED) is 0.467. The monoisotopic (exact) mass is 346 g/mol. The molecule has 0 N–H and O–H groups in total. The van der Waals surface area contributed by atoms with Gasteiger partial charge in [0, 0.05) is 23.8 Å². The van der Waals surface area contributed by atoms with Crippen molar-refractivity contribution in [1.82, 2.24) is 0 Å². The molecule has 1 aliphatic rings. The van der Waals surface area contributed by atoms with Crippen LogP contribution in [-0.2, 0) is 0 Å². The summed E-state index contributed by atoms with van der Waals surface area (Å²) in [4.78, 5) is 12.8. The van der Waals surface area contributed by atoms with Gasteiger partial charge in [-0.25, -0.2) is 0 Å². The average molecular weight is 346 g/mol. The van der Waals surface area contributed by atoms with E-state index in [0.717, 1.165) is 12.2 Å². The fourth-order valence-electron chi connectivity index (χ4n) is 2.40. The van der Waals surface area contributed by atoms with Crippen molar-refractivity contribution in [2.24, 2.45) is 0 Å². The first kappa shape index (κ1) is 12.6. The molecular formula is C12H15IN2O2. The van der Waals surface area contributed by atoms with Crippen LogP contribution in [0, 0.1) is 13.7 Å². The van der Waals surface area contributed by atoms with Crippen LogP contribution in [0.4, 0.5) is 11.4 Å². The molecule has 1 aliphatic heterocycles. The van der Waals surface area contributed by atoms with Gasteiger partial charge in [0.1, 0.15) is 0 Å². The Morgan fingerprint density at radius 2 is 2.18 bits per heavy atom. The first-order valence-corrected chi connectivity index (χ1v) is 6.71. The van der Waals surface area contributed by atoms with Gasteiger partial charge in [0.05, 0.1) is 8.49 Å². The van der Waals surface area contributed by atoms with Crippen LogP contribution < -0.4 is 4.90 Å². The molecule has 0 radical (unpaired) electrons. The number of nitrogens with zero attached hydrogens (tertiary/aromatic N) is 2. The van der Waals surface area contributed by atoms with Gasteiger partial charge in [-0.15, -0.1) is 0 Å². The number of nitro groups is 1. The third-order valence-electron chi connectivity index (χ3n) is 3.34. The highest BCUT2D eigenvalue weighted by Gasteiger charge is 2.32. The molecule has 1 aromatic rings. The van der Waals surface area contributed by atoms with Gasteiger partial charge in [-0.2, -0.15) is 0 Å². The van der Waals surface area contributed by atoms with Crippen molar-refractivity contribution in [1.29, 1.82) is 0 Å². The summed E-state index contributed by atoms with van der Waals surface area (Å²) in [6, 6.07) is 5.37. The molecule has 0 saturated carbocycles. The molecule has 0 unspecified atom stereocenters. The van der Waals surface area contributed by atoms with Crippen LogP contribution in [0.2, 0.25) is 0 Å². The molecule has 5 heteroatoms. The van der Waals surface area contributed by atoms with Crippen LogP contribution in [0.5, 0.6) is 0 Å². The Balaban J connectivity index is 2.35. The Labute approximate surface area is 114 Å². The molecule has 0 atom stereocenters. The molecular weight excluding hydrogens is 331 g/mol. The minimum absolute atomic E-state index is 0.152. The average Bonchev–Trinajstić information content (AvgIpc) is 2.57. The second-order valence-corrected chi connectivity index (χ2v) is 6.12. The number of hydrogen-bond donors (Lipinski definition) is 0. The minimum Gasteiger partial charge on any atom is -0.366 e. The second-order valence-electron chi connectivity index (χ2n) is 4.96. The van der Waals surface area contributed by atoms with Crippen LogP contribution in [0.3, 0.4) is 0 Å². The Morgan fingerprint density at radius 1 is 1.47 bits per heavy atom. The fourth-order valence-corrected chi connectivity index (χ4v) is 3.09. The van der Waals surface area contributed by atoms with Crippen LogP contribution in [0.25, 0.3) is 0 Å². The predicted octanol–water partition coefficient (Wildman–Crippen LogP) is 3.58. The van der Waals surface area contributed by atoms with E-state index in [0.29, 0.717) is 3.57 Å². The first-order valence-electron chi connectivity index (χ1n) is 5.63. The van der Waals surface area contributed by atoms with E-state index in [9.17, 15) is 10.1 Å². The van der Waals surface area contributed by atoms with E-state index in [1.54, 1.807) is 6.07 Å². The molecule has 1 heterocycles. The predicted molar refractivity (Wildman–Crippen MR) is 76.5 cm³/mol. The molecule has 0 aliphatic carbocycles. The standard InChI is InChI=1S/C12H15IN2O2/c1-12(2)6-3-7-14(12)9-4-5-11(15(16)17)10(13)8-9/h4-5,8H,3,6-7H2,1-2H3. The number of anilines is 1. The van der Waals surface area contributed by atoms with E-state index >= 15 is 0 Å². The van der Waals surface area contributed by atoms with Crippen molar-refractivity contribution >= 4 is 34.0 Å². The zero-order chi connectivity index (χ0) is 12.6. The van der Waals surface area contributed by atoms with Crippen molar-refractivity contribution < 1.29 is 4.92 Å². The Morgan fingerprint density at radius 3 is 2.65 bits per heavy atom. The number of halogens is 1. The highest BCUT2D eigenvalue weighted by atomic mass is 127. The number of nitro benzene ring substituents is 1. The maximum Gasteiger partial charge on any atom is 0.282 e. The lowest BCUT2D eigenvalue weighted by Gasteiger charge is -2.33. The minimum atomic E-state index is -0.333. The Bertz CT molecular complexity index is 460. The van der Waals surface area contributed by atoms with Gasteiger partial charge in [-0.05, 0) is 61.4 Å². The summed E-state index contributed by atoms with van der Waals surface area (Å²) in [6.07, 6.45) is 2.35. The first-order chi connectivity index (χ1) is 7.92. The summed E-state index contributed by atoms with van der Waals surface area (Å²) >= 11 is 2.03. The molecule has 17 heavy (non-hydrogen) atoms. The van der Waals surface area contributed by atoms with Gasteiger partial charge in [-0.1, -0.05) is 0 Å². The normalized spacial score (nSPS) is 18.4. The van der Waals surface area contributed by atoms with Crippen LogP contribution in [-0.4, -0.2) is 17.0 Å². The zero-order valence-electron chi connectivity index (χ0n) is 9.94. The lowest BCUT2D eigenvalue weighted by molar-refractivity contribution is -0.385. The molecule has 0 spiro atoms. The molecule has 1 fully saturated rings. The summed E-state index contributed by atoms with van der Waals surface area (Å²) in [7, 11) is 0. The number of hydrogen-bond acceptors (Lipinski definition) is 3. The molecule has 1 saturated heterocycles. The highest BCUT2D eigenvalue weighted by Crippen LogP contribution is 2.35. The third kappa shape index (κ3) is 2.38. The maximum absolute atomic E-state index is 10.8. The van der Waals surface area contributed by atoms with Crippen LogP contribution >= 0.6 is 22.6 Å². The third-order valence-corrected chi connectivity index (χ3v) is 4.20. The van der Waals surface area contributed by atoms with E-state index in [2.05, 4.69) is 18.7 Å². The second kappa shape index (κ2) is 4.44. The van der Waals surface area contributed by atoms with Crippen molar-refractivity contribution in [3.63, 3.8) is 0 Å². The fraction of sp³-hybridized carbons (Fsp3) is 0.500. The molecule has 1 aromatic carbocycles. The zero-order valence-corrected chi connectivity index (χ0v) is 12.1. The molecule has 0 amide bonds. The summed E-state index contributed by atoms with van der Waals surface area (Å²) < 4.78 is 0.702. The highest BCUT2D eigenvalue weighted by molar-refractivity contribution is 14.1. The van der Waals surface area contributed by atoms with Gasteiger partial charge >= 0.3 is 0 Å². The van der Waals surface area contributed by atoms with Gasteiger partial charge in [0.15, 0.2) is 0 Å². The lowest BCUT2D eigenvalue weighted by atomic mass is 10.0. The topological polar surface area (TPSA) is 46.4 Å². The molecule has 92 valence electrons. The van der Waals surface area contributed by atoms with Gasteiger partial charge in [0.2, 0.25) is 0 Å². The Kier molecular flexibility index (Phi) is 3.29. The summed E-state index contributed by atoms with van der Waals surface area (Å²) in [6.45, 7) is 5.46. The smallest absolute Gasteiger partial charge is 0.282 e. The van der Waals surface area contributed by atoms with Gasteiger partial charge in [0.25, 0.3) is 5.69 Å². The van der Waals surface area contributed by atoms with Crippen LogP contribution in [0.15, 0.2) is 18.2 Å². The lowest BCUT2D eigenvalue weighted by Crippen LogP contribution is -2.38. The molecule has 0 bridgehead atoms. The van der Waals surface area contributed by atoms with E-state index < -0.39 is 0 Å². The van der Waals surface area contributed by atoms with E-state index in [-0.39, 0.29) is 16.1 Å². The van der Waals surface area contributed by atoms with Crippen molar-refractivity contribution in [2.75, 3.05) is 11.4 Å². The summed E-state index contributed by atoms with van der Waals surface area (Å²) in [5, 5.41) is 10.8. The van der Waals surface area contributed by atoms with E-state index in [4.69, 9.17) is 0 Å². The van der Waals surface area contributed by atoms with E-state index in [1.165, 1.54) is 12.8 Å². The largest absolute Gasteiger partial charge is 0.366 e. The van der Waals surface area contributed by atoms with Gasteiger partial charge < -0.3 is 4.90 Å². The van der Waals surface area contributed by atoms with Crippen molar-refractivity contribution in [3.05, 3.63) is 31.9 Å². The summed E-state index contributed by atoms with van der Waals surface area (Å²) in [5.41, 5.74) is 1.42. The molecule has 2 rings (SSSR count). The van der Waals surface area contributed by atoms with E-state index in [1.807, 2.05) is 34.7 Å².